The van der Waals surface area contributed by atoms with Gasteiger partial charge in [-0.3, -0.25) is 10.1 Å². The molecule has 1 aliphatic carbocycles. The Kier molecular flexibility index (Phi) is 8.43. The van der Waals surface area contributed by atoms with E-state index in [1.54, 1.807) is 0 Å². The molecule has 0 aliphatic heterocycles. The number of ether oxygens (including phenoxy) is 1. The summed E-state index contributed by atoms with van der Waals surface area (Å²) in [5.41, 5.74) is 1.37. The first-order chi connectivity index (χ1) is 16.8. The topological polar surface area (TPSA) is 94.8 Å². The fraction of sp³-hybridized carbons (Fsp3) is 0.560. The maximum atomic E-state index is 12.5. The smallest absolute Gasteiger partial charge is 0.236 e. The van der Waals surface area contributed by atoms with Crippen molar-refractivity contribution >= 4 is 34.1 Å². The summed E-state index contributed by atoms with van der Waals surface area (Å²) in [4.78, 5) is 12.5. The molecule has 188 valence electrons. The minimum Gasteiger partial charge on any atom is -0.486 e. The Morgan fingerprint density at radius 1 is 1.11 bits per heavy atom. The van der Waals surface area contributed by atoms with E-state index in [0.717, 1.165) is 16.6 Å². The summed E-state index contributed by atoms with van der Waals surface area (Å²) in [5, 5.41) is 22.2. The van der Waals surface area contributed by atoms with Gasteiger partial charge in [0.05, 0.1) is 5.75 Å². The second kappa shape index (κ2) is 11.5. The first kappa shape index (κ1) is 25.6. The molecule has 0 spiro atoms. The van der Waals surface area contributed by atoms with Gasteiger partial charge >= 0.3 is 0 Å². The van der Waals surface area contributed by atoms with Gasteiger partial charge in [-0.15, -0.1) is 20.4 Å². The van der Waals surface area contributed by atoms with Gasteiger partial charge < -0.3 is 9.30 Å². The van der Waals surface area contributed by atoms with E-state index in [9.17, 15) is 4.79 Å². The third-order valence-corrected chi connectivity index (χ3v) is 8.14. The third-order valence-electron chi connectivity index (χ3n) is 6.17. The van der Waals surface area contributed by atoms with Crippen molar-refractivity contribution in [2.75, 3.05) is 11.1 Å². The average molecular weight is 515 g/mol. The van der Waals surface area contributed by atoms with Crippen LogP contribution in [0.3, 0.4) is 0 Å². The third kappa shape index (κ3) is 6.82. The highest BCUT2D eigenvalue weighted by Gasteiger charge is 2.21. The second-order valence-corrected chi connectivity index (χ2v) is 11.8. The highest BCUT2D eigenvalue weighted by Crippen LogP contribution is 2.35. The molecule has 2 heterocycles. The lowest BCUT2D eigenvalue weighted by atomic mass is 9.87. The molecule has 0 bridgehead atoms. The quantitative estimate of drug-likeness (QED) is 0.360. The summed E-state index contributed by atoms with van der Waals surface area (Å²) < 4.78 is 7.93. The van der Waals surface area contributed by atoms with E-state index in [4.69, 9.17) is 4.74 Å². The van der Waals surface area contributed by atoms with Crippen molar-refractivity contribution < 1.29 is 9.53 Å². The highest BCUT2D eigenvalue weighted by molar-refractivity contribution is 7.99. The van der Waals surface area contributed by atoms with Crippen molar-refractivity contribution in [3.05, 3.63) is 40.7 Å². The minimum absolute atomic E-state index is 0.104. The van der Waals surface area contributed by atoms with Gasteiger partial charge in [0, 0.05) is 12.5 Å². The largest absolute Gasteiger partial charge is 0.486 e. The number of nitrogens with one attached hydrogen (secondary N) is 1. The summed E-state index contributed by atoms with van der Waals surface area (Å²) in [5.74, 6) is 2.12. The number of amides is 1. The fourth-order valence-corrected chi connectivity index (χ4v) is 5.88. The maximum Gasteiger partial charge on any atom is 0.236 e. The van der Waals surface area contributed by atoms with Crippen LogP contribution in [-0.2, 0) is 23.4 Å². The van der Waals surface area contributed by atoms with Crippen LogP contribution in [-0.4, -0.2) is 36.6 Å². The molecule has 1 aliphatic rings. The molecule has 1 fully saturated rings. The lowest BCUT2D eigenvalue weighted by molar-refractivity contribution is -0.113. The number of aromatic nitrogens is 5. The maximum absolute atomic E-state index is 12.5. The van der Waals surface area contributed by atoms with Crippen molar-refractivity contribution in [1.82, 2.24) is 25.0 Å². The molecule has 0 radical (unpaired) electrons. The van der Waals surface area contributed by atoms with Gasteiger partial charge in [0.2, 0.25) is 11.0 Å². The van der Waals surface area contributed by atoms with Crippen molar-refractivity contribution in [2.45, 2.75) is 89.4 Å². The van der Waals surface area contributed by atoms with Crippen LogP contribution in [0.5, 0.6) is 5.75 Å². The molecule has 3 aromatic rings. The Labute approximate surface area is 215 Å². The van der Waals surface area contributed by atoms with Crippen LogP contribution >= 0.6 is 23.1 Å². The zero-order valence-electron chi connectivity index (χ0n) is 20.9. The molecule has 2 aromatic heterocycles. The number of hydrogen-bond donors (Lipinski definition) is 1. The van der Waals surface area contributed by atoms with Crippen LogP contribution < -0.4 is 10.1 Å². The molecule has 0 atom stereocenters. The van der Waals surface area contributed by atoms with Crippen LogP contribution in [0.25, 0.3) is 0 Å². The first-order valence-corrected chi connectivity index (χ1v) is 14.0. The van der Waals surface area contributed by atoms with Crippen molar-refractivity contribution in [3.63, 3.8) is 0 Å². The zero-order chi connectivity index (χ0) is 24.8. The molecule has 1 amide bonds. The van der Waals surface area contributed by atoms with Crippen LogP contribution in [0.4, 0.5) is 5.13 Å². The van der Waals surface area contributed by atoms with Crippen LogP contribution in [0.15, 0.2) is 29.4 Å². The molecular weight excluding hydrogens is 480 g/mol. The van der Waals surface area contributed by atoms with Gasteiger partial charge in [-0.25, -0.2) is 0 Å². The number of anilines is 1. The number of hydrogen-bond acceptors (Lipinski definition) is 8. The molecular formula is C25H34N6O2S2. The van der Waals surface area contributed by atoms with Gasteiger partial charge in [0.25, 0.3) is 0 Å². The van der Waals surface area contributed by atoms with Crippen LogP contribution in [0, 0.1) is 0 Å². The molecule has 0 unspecified atom stereocenters. The predicted molar refractivity (Wildman–Crippen MR) is 140 cm³/mol. The fourth-order valence-electron chi connectivity index (χ4n) is 4.13. The molecule has 8 nitrogen and oxygen atoms in total. The Bertz CT molecular complexity index is 1110. The van der Waals surface area contributed by atoms with E-state index in [-0.39, 0.29) is 17.1 Å². The van der Waals surface area contributed by atoms with E-state index < -0.39 is 0 Å². The SMILES string of the molecule is CCn1c(COc2ccc(C(C)(C)C)cc2)nnc1SCC(=O)Nc1nnc(C2CCCCC2)s1. The lowest BCUT2D eigenvalue weighted by Gasteiger charge is -2.19. The van der Waals surface area contributed by atoms with Gasteiger partial charge in [0.15, 0.2) is 11.0 Å². The Balaban J connectivity index is 1.28. The second-order valence-electron chi connectivity index (χ2n) is 9.82. The van der Waals surface area contributed by atoms with Crippen LogP contribution in [0.2, 0.25) is 0 Å². The molecule has 1 aromatic carbocycles. The Morgan fingerprint density at radius 3 is 2.54 bits per heavy atom. The number of nitrogens with zero attached hydrogens (tertiary/aromatic N) is 5. The van der Waals surface area contributed by atoms with Gasteiger partial charge in [0.1, 0.15) is 17.4 Å². The summed E-state index contributed by atoms with van der Waals surface area (Å²) in [6.07, 6.45) is 6.13. The number of carbonyl (C=O) groups excluding carboxylic acids is 1. The van der Waals surface area contributed by atoms with E-state index in [0.29, 0.717) is 29.4 Å². The molecule has 0 saturated heterocycles. The molecule has 1 saturated carbocycles. The molecule has 1 N–H and O–H groups in total. The average Bonchev–Trinajstić information content (AvgIpc) is 3.48. The summed E-state index contributed by atoms with van der Waals surface area (Å²) in [6, 6.07) is 8.16. The van der Waals surface area contributed by atoms with Gasteiger partial charge in [-0.1, -0.05) is 75.3 Å². The Morgan fingerprint density at radius 2 is 1.86 bits per heavy atom. The number of carbonyl (C=O) groups is 1. The number of thioether (sulfide) groups is 1. The lowest BCUT2D eigenvalue weighted by Crippen LogP contribution is -2.14. The van der Waals surface area contributed by atoms with Crippen LogP contribution in [0.1, 0.15) is 82.1 Å². The van der Waals surface area contributed by atoms with Crippen molar-refractivity contribution in [2.24, 2.45) is 0 Å². The summed E-state index contributed by atoms with van der Waals surface area (Å²) in [6.45, 7) is 9.61. The summed E-state index contributed by atoms with van der Waals surface area (Å²) >= 11 is 2.85. The number of benzene rings is 1. The van der Waals surface area contributed by atoms with E-state index in [2.05, 4.69) is 58.6 Å². The van der Waals surface area contributed by atoms with E-state index in [1.165, 1.54) is 60.8 Å². The standard InChI is InChI=1S/C25H34N6O2S2/c1-5-31-20(15-33-19-13-11-18(12-14-19)25(2,3)4)27-30-24(31)34-16-21(32)26-23-29-28-22(35-23)17-9-7-6-8-10-17/h11-14,17H,5-10,15-16H2,1-4H3,(H,26,29,32). The monoisotopic (exact) mass is 514 g/mol. The van der Waals surface area contributed by atoms with Crippen molar-refractivity contribution in [3.8, 4) is 5.75 Å². The van der Waals surface area contributed by atoms with E-state index >= 15 is 0 Å². The normalized spacial score (nSPS) is 14.7. The zero-order valence-corrected chi connectivity index (χ0v) is 22.5. The van der Waals surface area contributed by atoms with Crippen molar-refractivity contribution in [1.29, 1.82) is 0 Å². The van der Waals surface area contributed by atoms with Gasteiger partial charge in [-0.05, 0) is 42.9 Å². The minimum atomic E-state index is -0.122. The highest BCUT2D eigenvalue weighted by atomic mass is 32.2. The van der Waals surface area contributed by atoms with E-state index in [1.807, 2.05) is 23.6 Å². The summed E-state index contributed by atoms with van der Waals surface area (Å²) in [7, 11) is 0. The van der Waals surface area contributed by atoms with Gasteiger partial charge in [-0.2, -0.15) is 0 Å². The Hall–Kier alpha value is -2.46. The molecule has 4 rings (SSSR count). The number of rotatable bonds is 9. The molecule has 35 heavy (non-hydrogen) atoms. The first-order valence-electron chi connectivity index (χ1n) is 12.2. The predicted octanol–water partition coefficient (Wildman–Crippen LogP) is 5.80. The molecule has 10 heteroatoms.